The SMILES string of the molecule is CCN1C(=O)/C(=C2\SC(=O)NC2=O)c2ccccc21. The molecule has 0 aliphatic carbocycles. The third kappa shape index (κ3) is 1.67. The van der Waals surface area contributed by atoms with Crippen LogP contribution in [0.1, 0.15) is 12.5 Å². The van der Waals surface area contributed by atoms with E-state index in [0.29, 0.717) is 17.7 Å². The Kier molecular flexibility index (Phi) is 2.67. The van der Waals surface area contributed by atoms with Crippen molar-refractivity contribution in [1.82, 2.24) is 5.32 Å². The first-order chi connectivity index (χ1) is 9.13. The van der Waals surface area contributed by atoms with Crippen LogP contribution in [0.3, 0.4) is 0 Å². The summed E-state index contributed by atoms with van der Waals surface area (Å²) in [7, 11) is 0. The molecule has 2 heterocycles. The van der Waals surface area contributed by atoms with E-state index in [1.54, 1.807) is 11.0 Å². The number of anilines is 1. The number of carbonyl (C=O) groups is 3. The molecule has 0 spiro atoms. The monoisotopic (exact) mass is 274 g/mol. The molecule has 0 radical (unpaired) electrons. The Balaban J connectivity index is 2.23. The highest BCUT2D eigenvalue weighted by atomic mass is 32.2. The summed E-state index contributed by atoms with van der Waals surface area (Å²) in [6, 6.07) is 7.28. The lowest BCUT2D eigenvalue weighted by molar-refractivity contribution is -0.116. The fourth-order valence-electron chi connectivity index (χ4n) is 2.29. The van der Waals surface area contributed by atoms with Crippen molar-refractivity contribution in [2.45, 2.75) is 6.92 Å². The van der Waals surface area contributed by atoms with E-state index in [2.05, 4.69) is 5.32 Å². The second-order valence-electron chi connectivity index (χ2n) is 4.11. The zero-order valence-electron chi connectivity index (χ0n) is 10.1. The fraction of sp³-hybridized carbons (Fsp3) is 0.154. The minimum Gasteiger partial charge on any atom is -0.308 e. The summed E-state index contributed by atoms with van der Waals surface area (Å²) in [4.78, 5) is 37.2. The van der Waals surface area contributed by atoms with Gasteiger partial charge in [-0.2, -0.15) is 0 Å². The van der Waals surface area contributed by atoms with Gasteiger partial charge in [0.05, 0.1) is 16.2 Å². The highest BCUT2D eigenvalue weighted by Gasteiger charge is 2.39. The normalized spacial score (nSPS) is 21.9. The molecule has 0 saturated carbocycles. The molecular weight excluding hydrogens is 264 g/mol. The van der Waals surface area contributed by atoms with E-state index in [-0.39, 0.29) is 10.8 Å². The summed E-state index contributed by atoms with van der Waals surface area (Å²) in [5.41, 5.74) is 1.82. The first-order valence-corrected chi connectivity index (χ1v) is 6.64. The summed E-state index contributed by atoms with van der Waals surface area (Å²) in [5, 5.41) is 1.75. The maximum Gasteiger partial charge on any atom is 0.290 e. The lowest BCUT2D eigenvalue weighted by Gasteiger charge is -2.13. The van der Waals surface area contributed by atoms with Crippen molar-refractivity contribution < 1.29 is 14.4 Å². The zero-order chi connectivity index (χ0) is 13.6. The first-order valence-electron chi connectivity index (χ1n) is 5.82. The molecule has 3 rings (SSSR count). The van der Waals surface area contributed by atoms with E-state index in [0.717, 1.165) is 17.4 Å². The van der Waals surface area contributed by atoms with Gasteiger partial charge < -0.3 is 4.90 Å². The van der Waals surface area contributed by atoms with Crippen molar-refractivity contribution in [3.63, 3.8) is 0 Å². The average Bonchev–Trinajstić information content (AvgIpc) is 2.85. The third-order valence-corrected chi connectivity index (χ3v) is 3.96. The molecular formula is C13H10N2O3S. The number of benzene rings is 1. The number of carbonyl (C=O) groups excluding carboxylic acids is 3. The van der Waals surface area contributed by atoms with Crippen LogP contribution in [0.5, 0.6) is 0 Å². The summed E-state index contributed by atoms with van der Waals surface area (Å²) in [5.74, 6) is -0.720. The molecule has 6 heteroatoms. The molecule has 2 aliphatic rings. The van der Waals surface area contributed by atoms with Gasteiger partial charge in [0.2, 0.25) is 0 Å². The molecule has 19 heavy (non-hydrogen) atoms. The second-order valence-corrected chi connectivity index (χ2v) is 5.10. The number of nitrogens with zero attached hydrogens (tertiary/aromatic N) is 1. The zero-order valence-corrected chi connectivity index (χ0v) is 10.9. The maximum absolute atomic E-state index is 12.4. The van der Waals surface area contributed by atoms with Crippen molar-refractivity contribution in [2.75, 3.05) is 11.4 Å². The number of amides is 3. The standard InChI is InChI=1S/C13H10N2O3S/c1-2-15-8-6-4-3-5-7(8)9(12(15)17)10-11(16)14-13(18)19-10/h3-6H,2H2,1H3,(H,14,16,18)/b10-9-. The quantitative estimate of drug-likeness (QED) is 0.792. The van der Waals surface area contributed by atoms with E-state index < -0.39 is 11.1 Å². The highest BCUT2D eigenvalue weighted by Crippen LogP contribution is 2.42. The summed E-state index contributed by atoms with van der Waals surface area (Å²) in [6.45, 7) is 2.39. The Labute approximate surface area is 113 Å². The van der Waals surface area contributed by atoms with Crippen LogP contribution in [0.2, 0.25) is 0 Å². The van der Waals surface area contributed by atoms with E-state index >= 15 is 0 Å². The van der Waals surface area contributed by atoms with Gasteiger partial charge in [0.15, 0.2) is 0 Å². The third-order valence-electron chi connectivity index (χ3n) is 3.08. The van der Waals surface area contributed by atoms with Crippen LogP contribution in [-0.4, -0.2) is 23.6 Å². The summed E-state index contributed by atoms with van der Waals surface area (Å²) >= 11 is 0.783. The Morgan fingerprint density at radius 2 is 1.95 bits per heavy atom. The molecule has 1 fully saturated rings. The number of fused-ring (bicyclic) bond motifs is 1. The molecule has 96 valence electrons. The van der Waals surface area contributed by atoms with Gasteiger partial charge >= 0.3 is 0 Å². The van der Waals surface area contributed by atoms with Crippen molar-refractivity contribution in [2.24, 2.45) is 0 Å². The van der Waals surface area contributed by atoms with Gasteiger partial charge in [0.25, 0.3) is 17.1 Å². The number of likely N-dealkylation sites (N-methyl/N-ethyl adjacent to an activating group) is 1. The first kappa shape index (κ1) is 12.0. The number of nitrogens with one attached hydrogen (secondary N) is 1. The topological polar surface area (TPSA) is 66.5 Å². The van der Waals surface area contributed by atoms with E-state index in [9.17, 15) is 14.4 Å². The van der Waals surface area contributed by atoms with Crippen LogP contribution in [0.15, 0.2) is 29.2 Å². The molecule has 5 nitrogen and oxygen atoms in total. The summed E-state index contributed by atoms with van der Waals surface area (Å²) in [6.07, 6.45) is 0. The minimum atomic E-state index is -0.494. The van der Waals surface area contributed by atoms with Gasteiger partial charge in [-0.05, 0) is 24.8 Å². The number of imide groups is 1. The molecule has 3 amide bonds. The lowest BCUT2D eigenvalue weighted by Crippen LogP contribution is -2.26. The van der Waals surface area contributed by atoms with Crippen LogP contribution in [0, 0.1) is 0 Å². The Morgan fingerprint density at radius 3 is 2.58 bits per heavy atom. The predicted molar refractivity (Wildman–Crippen MR) is 72.5 cm³/mol. The van der Waals surface area contributed by atoms with Crippen LogP contribution < -0.4 is 10.2 Å². The lowest BCUT2D eigenvalue weighted by atomic mass is 10.1. The number of rotatable bonds is 1. The number of para-hydroxylation sites is 1. The summed E-state index contributed by atoms with van der Waals surface area (Å²) < 4.78 is 0. The van der Waals surface area contributed by atoms with E-state index in [1.165, 1.54) is 0 Å². The number of hydrogen-bond acceptors (Lipinski definition) is 4. The van der Waals surface area contributed by atoms with E-state index in [4.69, 9.17) is 0 Å². The molecule has 0 aromatic heterocycles. The molecule has 1 aromatic carbocycles. The van der Waals surface area contributed by atoms with Gasteiger partial charge in [-0.15, -0.1) is 0 Å². The second kappa shape index (κ2) is 4.24. The van der Waals surface area contributed by atoms with Crippen molar-refractivity contribution in [3.8, 4) is 0 Å². The number of hydrogen-bond donors (Lipinski definition) is 1. The molecule has 1 N–H and O–H groups in total. The number of thioether (sulfide) groups is 1. The van der Waals surface area contributed by atoms with Crippen molar-refractivity contribution >= 4 is 40.1 Å². The molecule has 0 atom stereocenters. The van der Waals surface area contributed by atoms with Crippen LogP contribution in [-0.2, 0) is 9.59 Å². The van der Waals surface area contributed by atoms with Gasteiger partial charge in [-0.25, -0.2) is 0 Å². The van der Waals surface area contributed by atoms with E-state index in [1.807, 2.05) is 25.1 Å². The Morgan fingerprint density at radius 1 is 1.21 bits per heavy atom. The van der Waals surface area contributed by atoms with Gasteiger partial charge in [0.1, 0.15) is 0 Å². The van der Waals surface area contributed by atoms with Crippen LogP contribution >= 0.6 is 11.8 Å². The smallest absolute Gasteiger partial charge is 0.290 e. The average molecular weight is 274 g/mol. The molecule has 0 bridgehead atoms. The van der Waals surface area contributed by atoms with Gasteiger partial charge in [-0.3, -0.25) is 19.7 Å². The Hall–Kier alpha value is -2.08. The molecule has 2 aliphatic heterocycles. The van der Waals surface area contributed by atoms with Crippen LogP contribution in [0.25, 0.3) is 5.57 Å². The fourth-order valence-corrected chi connectivity index (χ4v) is 3.06. The Bertz CT molecular complexity index is 651. The minimum absolute atomic E-state index is 0.193. The van der Waals surface area contributed by atoms with Gasteiger partial charge in [0, 0.05) is 12.1 Å². The molecule has 1 saturated heterocycles. The predicted octanol–water partition coefficient (Wildman–Crippen LogP) is 1.75. The van der Waals surface area contributed by atoms with Crippen molar-refractivity contribution in [1.29, 1.82) is 0 Å². The largest absolute Gasteiger partial charge is 0.308 e. The molecule has 1 aromatic rings. The van der Waals surface area contributed by atoms with Gasteiger partial charge in [-0.1, -0.05) is 18.2 Å². The van der Waals surface area contributed by atoms with Crippen LogP contribution in [0.4, 0.5) is 10.5 Å². The van der Waals surface area contributed by atoms with Crippen molar-refractivity contribution in [3.05, 3.63) is 34.7 Å². The highest BCUT2D eigenvalue weighted by molar-refractivity contribution is 8.18. The molecule has 0 unspecified atom stereocenters. The maximum atomic E-state index is 12.4.